The van der Waals surface area contributed by atoms with Crippen LogP contribution in [0.3, 0.4) is 0 Å². The molecule has 10 rings (SSSR count). The Morgan fingerprint density at radius 3 is 2.41 bits per heavy atom. The van der Waals surface area contributed by atoms with Gasteiger partial charge in [0.25, 0.3) is 0 Å². The van der Waals surface area contributed by atoms with E-state index in [0.29, 0.717) is 76.9 Å². The minimum Gasteiger partial charge on any atom is -0.392 e. The lowest BCUT2D eigenvalue weighted by Gasteiger charge is -2.70. The summed E-state index contributed by atoms with van der Waals surface area (Å²) in [7, 11) is 1.94. The molecule has 3 aliphatic heterocycles. The van der Waals surface area contributed by atoms with Gasteiger partial charge >= 0.3 is 0 Å². The molecule has 358 valence electrons. The molecule has 3 aromatic rings. The van der Waals surface area contributed by atoms with Crippen LogP contribution in [-0.2, 0) is 42.4 Å². The number of aryl methyl sites for hydroxylation is 2. The highest BCUT2D eigenvalue weighted by Crippen LogP contribution is 2.76. The van der Waals surface area contributed by atoms with E-state index in [1.54, 1.807) is 0 Å². The second-order valence-electron chi connectivity index (χ2n) is 24.1. The molecule has 2 aromatic heterocycles. The van der Waals surface area contributed by atoms with Crippen LogP contribution in [0, 0.1) is 51.8 Å². The lowest BCUT2D eigenvalue weighted by Crippen LogP contribution is -2.68. The fourth-order valence-electron chi connectivity index (χ4n) is 16.3. The lowest BCUT2D eigenvalue weighted by atomic mass is 9.34. The standard InChI is InChI=1S/C55H75N3O8/c1-31-22-33(24-34(23-31)55(64)17-20-65-21-18-55)37(30-59)35-28-58-29-36-42-43(50(4,25-39(61)48-49(2,3)66-48)13-10-32-27-57-44(35)45(32)58)38(60)26-54(42,8)53(7)15-11-40-51(5,16-19-56-9)41(62)12-14-52(40,6)47(53)46(36)63/h22-24,27-28,30,36-37,39-40,46-48,56-57,61,63-64H,10-21,25-26,29H2,1-9H3. The van der Waals surface area contributed by atoms with Crippen molar-refractivity contribution in [2.24, 2.45) is 44.8 Å². The zero-order valence-corrected chi connectivity index (χ0v) is 40.9. The first-order chi connectivity index (χ1) is 31.1. The highest BCUT2D eigenvalue weighted by molar-refractivity contribution is 6.02. The minimum atomic E-state index is -1.04. The topological polar surface area (TPSA) is 166 Å². The monoisotopic (exact) mass is 906 g/mol. The van der Waals surface area contributed by atoms with Crippen molar-refractivity contribution in [2.45, 2.75) is 168 Å². The number of nitrogens with zero attached hydrogens (tertiary/aromatic N) is 1. The summed E-state index contributed by atoms with van der Waals surface area (Å²) >= 11 is 0. The molecule has 3 saturated carbocycles. The number of fused-ring (bicyclic) bond motifs is 4. The number of hydrogen-bond donors (Lipinski definition) is 5. The molecule has 1 aromatic carbocycles. The van der Waals surface area contributed by atoms with Crippen LogP contribution in [0.2, 0.25) is 0 Å². The summed E-state index contributed by atoms with van der Waals surface area (Å²) in [6, 6.07) is 6.07. The first-order valence-corrected chi connectivity index (χ1v) is 25.2. The molecule has 0 spiro atoms. The van der Waals surface area contributed by atoms with Gasteiger partial charge in [-0.05, 0) is 130 Å². The third-order valence-corrected chi connectivity index (χ3v) is 20.0. The highest BCUT2D eigenvalue weighted by atomic mass is 16.6. The summed E-state index contributed by atoms with van der Waals surface area (Å²) in [5, 5.41) is 40.9. The zero-order chi connectivity index (χ0) is 47.1. The molecule has 5 fully saturated rings. The van der Waals surface area contributed by atoms with Crippen LogP contribution in [0.1, 0.15) is 146 Å². The normalized spacial score (nSPS) is 38.9. The molecule has 0 bridgehead atoms. The number of carbonyl (C=O) groups excluding carboxylic acids is 3. The van der Waals surface area contributed by atoms with Gasteiger partial charge in [0.1, 0.15) is 18.2 Å². The van der Waals surface area contributed by atoms with E-state index < -0.39 is 56.9 Å². The maximum absolute atomic E-state index is 15.4. The van der Waals surface area contributed by atoms with Gasteiger partial charge in [0.15, 0.2) is 5.78 Å². The Hall–Kier alpha value is -3.45. The predicted octanol–water partition coefficient (Wildman–Crippen LogP) is 7.77. The Balaban J connectivity index is 1.15. The van der Waals surface area contributed by atoms with E-state index >= 15 is 4.79 Å². The number of allylic oxidation sites excluding steroid dienone is 1. The number of Topliss-reactive ketones (excluding diaryl/α,β-unsaturated/α-hetero) is 2. The average Bonchev–Trinajstić information content (AvgIpc) is 3.51. The van der Waals surface area contributed by atoms with Gasteiger partial charge < -0.3 is 44.5 Å². The summed E-state index contributed by atoms with van der Waals surface area (Å²) in [5.41, 5.74) is 4.02. The molecular formula is C55H75N3O8. The van der Waals surface area contributed by atoms with E-state index in [0.717, 1.165) is 82.1 Å². The van der Waals surface area contributed by atoms with E-state index in [1.165, 1.54) is 0 Å². The Morgan fingerprint density at radius 1 is 1.00 bits per heavy atom. The van der Waals surface area contributed by atoms with Gasteiger partial charge in [-0.15, -0.1) is 0 Å². The first kappa shape index (κ1) is 46.3. The smallest absolute Gasteiger partial charge is 0.160 e. The molecule has 12 unspecified atom stereocenters. The number of rotatable bonds is 10. The highest BCUT2D eigenvalue weighted by Gasteiger charge is 2.73. The van der Waals surface area contributed by atoms with Crippen molar-refractivity contribution in [3.8, 4) is 0 Å². The van der Waals surface area contributed by atoms with Gasteiger partial charge in [0.2, 0.25) is 0 Å². The number of nitrogens with one attached hydrogen (secondary N) is 2. The van der Waals surface area contributed by atoms with Gasteiger partial charge in [-0.1, -0.05) is 58.4 Å². The Bertz CT molecular complexity index is 2510. The van der Waals surface area contributed by atoms with Crippen molar-refractivity contribution in [2.75, 3.05) is 26.8 Å². The summed E-state index contributed by atoms with van der Waals surface area (Å²) in [4.78, 5) is 46.7. The van der Waals surface area contributed by atoms with Crippen LogP contribution in [0.5, 0.6) is 0 Å². The van der Waals surface area contributed by atoms with Gasteiger partial charge in [0, 0.05) is 85.7 Å². The van der Waals surface area contributed by atoms with Gasteiger partial charge in [-0.3, -0.25) is 9.59 Å². The van der Waals surface area contributed by atoms with Gasteiger partial charge in [-0.25, -0.2) is 0 Å². The second kappa shape index (κ2) is 15.5. The zero-order valence-electron chi connectivity index (χ0n) is 40.9. The van der Waals surface area contributed by atoms with Crippen LogP contribution in [0.4, 0.5) is 0 Å². The number of carbonyl (C=O) groups is 3. The molecule has 7 aliphatic rings. The number of aliphatic hydroxyl groups excluding tert-OH is 2. The third-order valence-electron chi connectivity index (χ3n) is 20.0. The van der Waals surface area contributed by atoms with Crippen LogP contribution in [0.25, 0.3) is 11.0 Å². The van der Waals surface area contributed by atoms with Crippen molar-refractivity contribution < 1.29 is 39.2 Å². The summed E-state index contributed by atoms with van der Waals surface area (Å²) < 4.78 is 13.9. The molecule has 11 heteroatoms. The Labute approximate surface area is 390 Å². The van der Waals surface area contributed by atoms with E-state index in [-0.39, 0.29) is 29.1 Å². The first-order valence-electron chi connectivity index (χ1n) is 25.2. The van der Waals surface area contributed by atoms with E-state index in [4.69, 9.17) is 9.47 Å². The molecule has 5 heterocycles. The number of ketones is 2. The number of H-pyrrole nitrogens is 1. The number of ether oxygens (including phenoxy) is 2. The van der Waals surface area contributed by atoms with E-state index in [9.17, 15) is 24.9 Å². The van der Waals surface area contributed by atoms with Crippen molar-refractivity contribution in [1.82, 2.24) is 14.9 Å². The van der Waals surface area contributed by atoms with Crippen LogP contribution >= 0.6 is 0 Å². The van der Waals surface area contributed by atoms with Crippen molar-refractivity contribution >= 4 is 28.9 Å². The number of aromatic amines is 1. The van der Waals surface area contributed by atoms with Crippen molar-refractivity contribution in [3.05, 3.63) is 69.6 Å². The molecule has 11 nitrogen and oxygen atoms in total. The number of aromatic nitrogens is 2. The fourth-order valence-corrected chi connectivity index (χ4v) is 16.3. The van der Waals surface area contributed by atoms with Crippen molar-refractivity contribution in [1.29, 1.82) is 0 Å². The minimum absolute atomic E-state index is 0.0767. The number of aliphatic hydroxyl groups is 3. The SMILES string of the molecule is CNCCC1(C)C(=O)CCC2(C)C1CCC1(C)C2C(O)C2Cn3cc(C(C=O)c4cc(C)cc(C5(O)CCOCC5)c4)c4[nH]cc(c43)CCC(C)(CC(O)C3OC3(C)C)C3=C2C1(C)CC3=O. The van der Waals surface area contributed by atoms with Crippen LogP contribution in [-0.4, -0.2) is 93.4 Å². The van der Waals surface area contributed by atoms with E-state index in [1.807, 2.05) is 52.2 Å². The largest absolute Gasteiger partial charge is 0.392 e. The summed E-state index contributed by atoms with van der Waals surface area (Å²) in [5.74, 6) is -0.771. The molecule has 0 amide bonds. The number of benzene rings is 1. The van der Waals surface area contributed by atoms with Crippen LogP contribution in [0.15, 0.2) is 41.7 Å². The molecule has 5 N–H and O–H groups in total. The van der Waals surface area contributed by atoms with E-state index in [2.05, 4.69) is 55.7 Å². The molecule has 2 saturated heterocycles. The quantitative estimate of drug-likeness (QED) is 0.101. The fraction of sp³-hybridized carbons (Fsp3) is 0.691. The van der Waals surface area contributed by atoms with Gasteiger partial charge in [-0.2, -0.15) is 0 Å². The Morgan fingerprint density at radius 2 is 1.73 bits per heavy atom. The average molecular weight is 906 g/mol. The molecule has 4 aliphatic carbocycles. The molecule has 12 atom stereocenters. The third kappa shape index (κ3) is 6.59. The second-order valence-corrected chi connectivity index (χ2v) is 24.1. The maximum Gasteiger partial charge on any atom is 0.160 e. The van der Waals surface area contributed by atoms with Gasteiger partial charge in [0.05, 0.1) is 40.4 Å². The molecular weight excluding hydrogens is 831 g/mol. The number of hydrogen-bond acceptors (Lipinski definition) is 9. The lowest BCUT2D eigenvalue weighted by molar-refractivity contribution is -0.222. The molecule has 66 heavy (non-hydrogen) atoms. The van der Waals surface area contributed by atoms with Crippen LogP contribution < -0.4 is 5.32 Å². The maximum atomic E-state index is 15.4. The molecule has 0 radical (unpaired) electrons. The predicted molar refractivity (Wildman–Crippen MR) is 253 cm³/mol. The number of aldehydes is 1. The Kier molecular flexibility index (Phi) is 10.9. The van der Waals surface area contributed by atoms with Crippen molar-refractivity contribution in [3.63, 3.8) is 0 Å². The summed E-state index contributed by atoms with van der Waals surface area (Å²) in [6.07, 6.45) is 9.70. The summed E-state index contributed by atoms with van der Waals surface area (Å²) in [6.45, 7) is 19.5. The number of epoxide rings is 1.